The number of hydrogen-bond donors (Lipinski definition) is 1. The van der Waals surface area contributed by atoms with Gasteiger partial charge >= 0.3 is 0 Å². The second-order valence-electron chi connectivity index (χ2n) is 6.17. The molecular formula is C22H22FNO2S. The third-order valence-electron chi connectivity index (χ3n) is 4.18. The molecule has 0 heterocycles. The second kappa shape index (κ2) is 9.42. The topological polar surface area (TPSA) is 38.3 Å². The molecule has 1 atom stereocenters. The summed E-state index contributed by atoms with van der Waals surface area (Å²) in [7, 11) is 0. The molecule has 0 aromatic heterocycles. The highest BCUT2D eigenvalue weighted by molar-refractivity contribution is 7.98. The Labute approximate surface area is 162 Å². The van der Waals surface area contributed by atoms with Crippen molar-refractivity contribution in [2.24, 2.45) is 0 Å². The number of thioether (sulfide) groups is 1. The fraction of sp³-hybridized carbons (Fsp3) is 0.227. The third kappa shape index (κ3) is 5.23. The van der Waals surface area contributed by atoms with Crippen molar-refractivity contribution in [1.82, 2.24) is 5.32 Å². The first-order chi connectivity index (χ1) is 13.1. The largest absolute Gasteiger partial charge is 0.480 e. The lowest BCUT2D eigenvalue weighted by molar-refractivity contribution is -0.127. The summed E-state index contributed by atoms with van der Waals surface area (Å²) < 4.78 is 19.4. The van der Waals surface area contributed by atoms with Gasteiger partial charge in [-0.1, -0.05) is 54.6 Å². The van der Waals surface area contributed by atoms with E-state index >= 15 is 0 Å². The van der Waals surface area contributed by atoms with Crippen LogP contribution in [-0.2, 0) is 10.5 Å². The minimum Gasteiger partial charge on any atom is -0.480 e. The smallest absolute Gasteiger partial charge is 0.260 e. The molecule has 140 valence electrons. The van der Waals surface area contributed by atoms with Crippen LogP contribution in [0.2, 0.25) is 0 Å². The quantitative estimate of drug-likeness (QED) is 0.568. The zero-order chi connectivity index (χ0) is 19.1. The van der Waals surface area contributed by atoms with Crippen LogP contribution in [0.1, 0.15) is 12.5 Å². The lowest BCUT2D eigenvalue weighted by atomic mass is 10.1. The Bertz CT molecular complexity index is 910. The predicted molar refractivity (Wildman–Crippen MR) is 110 cm³/mol. The monoisotopic (exact) mass is 383 g/mol. The molecule has 0 aliphatic carbocycles. The van der Waals surface area contributed by atoms with Gasteiger partial charge in [-0.2, -0.15) is 11.8 Å². The number of fused-ring (bicyclic) bond motifs is 1. The zero-order valence-electron chi connectivity index (χ0n) is 15.2. The Balaban J connectivity index is 1.44. The second-order valence-corrected chi connectivity index (χ2v) is 7.28. The van der Waals surface area contributed by atoms with Crippen molar-refractivity contribution in [2.75, 3.05) is 12.3 Å². The van der Waals surface area contributed by atoms with Gasteiger partial charge in [-0.25, -0.2) is 4.39 Å². The molecule has 0 saturated heterocycles. The normalized spacial score (nSPS) is 11.9. The summed E-state index contributed by atoms with van der Waals surface area (Å²) in [6.07, 6.45) is -0.590. The van der Waals surface area contributed by atoms with E-state index in [-0.39, 0.29) is 11.7 Å². The molecule has 0 spiro atoms. The summed E-state index contributed by atoms with van der Waals surface area (Å²) >= 11 is 1.58. The molecule has 0 radical (unpaired) electrons. The standard InChI is InChI=1S/C22H22FNO2S/c1-16(26-21-12-6-9-17-7-2-4-10-19(17)21)22(25)24-13-14-27-15-18-8-3-5-11-20(18)23/h2-12,16H,13-15H2,1H3,(H,24,25)/t16-/m0/s1. The Morgan fingerprint density at radius 3 is 2.67 bits per heavy atom. The maximum atomic E-state index is 13.6. The number of carbonyl (C=O) groups is 1. The molecule has 0 unspecified atom stereocenters. The van der Waals surface area contributed by atoms with Gasteiger partial charge in [0, 0.05) is 23.4 Å². The van der Waals surface area contributed by atoms with Gasteiger partial charge in [0.15, 0.2) is 6.10 Å². The van der Waals surface area contributed by atoms with Crippen molar-refractivity contribution >= 4 is 28.4 Å². The van der Waals surface area contributed by atoms with Crippen LogP contribution in [0.3, 0.4) is 0 Å². The van der Waals surface area contributed by atoms with Crippen LogP contribution in [0, 0.1) is 5.82 Å². The van der Waals surface area contributed by atoms with E-state index in [1.54, 1.807) is 30.8 Å². The molecule has 0 aliphatic heterocycles. The van der Waals surface area contributed by atoms with E-state index < -0.39 is 6.10 Å². The van der Waals surface area contributed by atoms with Gasteiger partial charge in [-0.05, 0) is 30.0 Å². The van der Waals surface area contributed by atoms with Crippen LogP contribution in [0.5, 0.6) is 5.75 Å². The molecule has 3 aromatic carbocycles. The van der Waals surface area contributed by atoms with Crippen LogP contribution in [0.15, 0.2) is 66.7 Å². The SMILES string of the molecule is C[C@H](Oc1cccc2ccccc12)C(=O)NCCSCc1ccccc1F. The van der Waals surface area contributed by atoms with E-state index in [0.29, 0.717) is 29.4 Å². The maximum absolute atomic E-state index is 13.6. The molecule has 0 bridgehead atoms. The van der Waals surface area contributed by atoms with Gasteiger partial charge in [-0.15, -0.1) is 0 Å². The lowest BCUT2D eigenvalue weighted by Gasteiger charge is -2.16. The molecule has 1 amide bonds. The first kappa shape index (κ1) is 19.2. The van der Waals surface area contributed by atoms with Crippen molar-refractivity contribution in [3.8, 4) is 5.75 Å². The minimum absolute atomic E-state index is 0.158. The molecule has 5 heteroatoms. The molecule has 27 heavy (non-hydrogen) atoms. The summed E-state index contributed by atoms with van der Waals surface area (Å²) in [6, 6.07) is 20.5. The summed E-state index contributed by atoms with van der Waals surface area (Å²) in [5, 5.41) is 4.94. The van der Waals surface area contributed by atoms with Gasteiger partial charge in [0.25, 0.3) is 5.91 Å². The fourth-order valence-corrected chi connectivity index (χ4v) is 3.57. The molecule has 3 nitrogen and oxygen atoms in total. The van der Waals surface area contributed by atoms with Crippen molar-refractivity contribution in [3.05, 3.63) is 78.1 Å². The molecule has 0 aliphatic rings. The number of rotatable bonds is 8. The van der Waals surface area contributed by atoms with Gasteiger partial charge < -0.3 is 10.1 Å². The molecular weight excluding hydrogens is 361 g/mol. The van der Waals surface area contributed by atoms with E-state index in [9.17, 15) is 9.18 Å². The Morgan fingerprint density at radius 2 is 1.81 bits per heavy atom. The number of hydrogen-bond acceptors (Lipinski definition) is 3. The van der Waals surface area contributed by atoms with Gasteiger partial charge in [-0.3, -0.25) is 4.79 Å². The van der Waals surface area contributed by atoms with E-state index in [4.69, 9.17) is 4.74 Å². The van der Waals surface area contributed by atoms with Crippen LogP contribution < -0.4 is 10.1 Å². The van der Waals surface area contributed by atoms with Crippen LogP contribution in [0.4, 0.5) is 4.39 Å². The van der Waals surface area contributed by atoms with E-state index in [0.717, 1.165) is 10.8 Å². The van der Waals surface area contributed by atoms with Crippen LogP contribution >= 0.6 is 11.8 Å². The molecule has 3 rings (SSSR count). The van der Waals surface area contributed by atoms with Crippen LogP contribution in [-0.4, -0.2) is 24.3 Å². The lowest BCUT2D eigenvalue weighted by Crippen LogP contribution is -2.37. The minimum atomic E-state index is -0.590. The van der Waals surface area contributed by atoms with E-state index in [1.807, 2.05) is 48.5 Å². The van der Waals surface area contributed by atoms with Crippen molar-refractivity contribution in [2.45, 2.75) is 18.8 Å². The Hall–Kier alpha value is -2.53. The van der Waals surface area contributed by atoms with Crippen molar-refractivity contribution in [3.63, 3.8) is 0 Å². The summed E-state index contributed by atoms with van der Waals surface area (Å²) in [6.45, 7) is 2.25. The highest BCUT2D eigenvalue weighted by atomic mass is 32.2. The molecule has 3 aromatic rings. The third-order valence-corrected chi connectivity index (χ3v) is 5.19. The summed E-state index contributed by atoms with van der Waals surface area (Å²) in [5.74, 6) is 1.65. The Morgan fingerprint density at radius 1 is 1.07 bits per heavy atom. The average Bonchev–Trinajstić information content (AvgIpc) is 2.69. The van der Waals surface area contributed by atoms with Gasteiger partial charge in [0.1, 0.15) is 11.6 Å². The fourth-order valence-electron chi connectivity index (χ4n) is 2.73. The number of amides is 1. The van der Waals surface area contributed by atoms with Gasteiger partial charge in [0.05, 0.1) is 0 Å². The molecule has 1 N–H and O–H groups in total. The summed E-state index contributed by atoms with van der Waals surface area (Å²) in [4.78, 5) is 12.3. The number of benzene rings is 3. The highest BCUT2D eigenvalue weighted by Crippen LogP contribution is 2.26. The maximum Gasteiger partial charge on any atom is 0.260 e. The first-order valence-electron chi connectivity index (χ1n) is 8.88. The number of carbonyl (C=O) groups excluding carboxylic acids is 1. The zero-order valence-corrected chi connectivity index (χ0v) is 16.0. The number of ether oxygens (including phenoxy) is 1. The van der Waals surface area contributed by atoms with Crippen molar-refractivity contribution < 1.29 is 13.9 Å². The number of halogens is 1. The van der Waals surface area contributed by atoms with E-state index in [1.165, 1.54) is 6.07 Å². The van der Waals surface area contributed by atoms with E-state index in [2.05, 4.69) is 5.32 Å². The van der Waals surface area contributed by atoms with Gasteiger partial charge in [0.2, 0.25) is 0 Å². The first-order valence-corrected chi connectivity index (χ1v) is 10.0. The highest BCUT2D eigenvalue weighted by Gasteiger charge is 2.15. The average molecular weight is 383 g/mol. The molecule has 0 fully saturated rings. The predicted octanol–water partition coefficient (Wildman–Crippen LogP) is 4.80. The Kier molecular flexibility index (Phi) is 6.71. The summed E-state index contributed by atoms with van der Waals surface area (Å²) in [5.41, 5.74) is 0.682. The number of nitrogens with one attached hydrogen (secondary N) is 1. The molecule has 0 saturated carbocycles. The van der Waals surface area contributed by atoms with Crippen LogP contribution in [0.25, 0.3) is 10.8 Å². The van der Waals surface area contributed by atoms with Crippen molar-refractivity contribution in [1.29, 1.82) is 0 Å².